The van der Waals surface area contributed by atoms with Crippen LogP contribution in [0, 0.1) is 0 Å². The number of nitrogens with zero attached hydrogens (tertiary/aromatic N) is 5. The Morgan fingerprint density at radius 1 is 1.30 bits per heavy atom. The number of aromatic nitrogens is 5. The molecule has 0 radical (unpaired) electrons. The molecule has 0 saturated carbocycles. The lowest BCUT2D eigenvalue weighted by molar-refractivity contribution is -0.117. The number of hydrogen-bond acceptors (Lipinski definition) is 4. The fourth-order valence-electron chi connectivity index (χ4n) is 2.23. The summed E-state index contributed by atoms with van der Waals surface area (Å²) in [5, 5.41) is 11.6. The first-order valence-corrected chi connectivity index (χ1v) is 7.39. The van der Waals surface area contributed by atoms with Gasteiger partial charge in [0.2, 0.25) is 5.91 Å². The molecule has 0 aliphatic heterocycles. The summed E-state index contributed by atoms with van der Waals surface area (Å²) in [6.07, 6.45) is 4.99. The lowest BCUT2D eigenvalue weighted by Gasteiger charge is -2.11. The monoisotopic (exact) mass is 330 g/mol. The maximum Gasteiger partial charge on any atom is 0.234 e. The Morgan fingerprint density at radius 3 is 2.83 bits per heavy atom. The molecule has 0 aliphatic carbocycles. The number of halogens is 1. The third-order valence-electron chi connectivity index (χ3n) is 3.49. The third-order valence-corrected chi connectivity index (χ3v) is 3.79. The van der Waals surface area contributed by atoms with Crippen molar-refractivity contribution in [2.24, 2.45) is 7.05 Å². The summed E-state index contributed by atoms with van der Waals surface area (Å²) in [7, 11) is 1.80. The van der Waals surface area contributed by atoms with Gasteiger partial charge in [-0.05, 0) is 25.1 Å². The van der Waals surface area contributed by atoms with Gasteiger partial charge in [0.15, 0.2) is 11.6 Å². The van der Waals surface area contributed by atoms with E-state index in [1.807, 2.05) is 13.0 Å². The Bertz CT molecular complexity index is 840. The third kappa shape index (κ3) is 3.09. The van der Waals surface area contributed by atoms with E-state index in [1.165, 1.54) is 4.68 Å². The molecule has 3 aromatic heterocycles. The zero-order valence-corrected chi connectivity index (χ0v) is 13.4. The minimum atomic E-state index is -0.342. The SMILES string of the molecule is CC(C(=O)Nc1ccn(-c2ncccc2Cl)n1)c1ccnn1C. The van der Waals surface area contributed by atoms with Crippen molar-refractivity contribution in [3.8, 4) is 5.82 Å². The van der Waals surface area contributed by atoms with Crippen molar-refractivity contribution in [3.05, 3.63) is 53.6 Å². The molecule has 1 unspecified atom stereocenters. The average molecular weight is 331 g/mol. The lowest BCUT2D eigenvalue weighted by Crippen LogP contribution is -2.21. The molecule has 0 bridgehead atoms. The lowest BCUT2D eigenvalue weighted by atomic mass is 10.1. The summed E-state index contributed by atoms with van der Waals surface area (Å²) in [6, 6.07) is 6.98. The number of carbonyl (C=O) groups excluding carboxylic acids is 1. The summed E-state index contributed by atoms with van der Waals surface area (Å²) < 4.78 is 3.20. The molecule has 118 valence electrons. The molecule has 7 nitrogen and oxygen atoms in total. The molecule has 0 saturated heterocycles. The van der Waals surface area contributed by atoms with E-state index in [0.717, 1.165) is 5.69 Å². The van der Waals surface area contributed by atoms with Crippen molar-refractivity contribution < 1.29 is 4.79 Å². The molecule has 0 aliphatic rings. The van der Waals surface area contributed by atoms with Crippen LogP contribution in [0.3, 0.4) is 0 Å². The first-order valence-electron chi connectivity index (χ1n) is 7.01. The Hall–Kier alpha value is -2.67. The molecule has 3 aromatic rings. The fraction of sp³-hybridized carbons (Fsp3) is 0.200. The largest absolute Gasteiger partial charge is 0.309 e. The van der Waals surface area contributed by atoms with Crippen LogP contribution in [0.5, 0.6) is 0 Å². The number of rotatable bonds is 4. The molecule has 1 atom stereocenters. The normalized spacial score (nSPS) is 12.1. The van der Waals surface area contributed by atoms with Crippen LogP contribution in [0.15, 0.2) is 42.9 Å². The zero-order chi connectivity index (χ0) is 16.4. The molecular formula is C15H15ClN6O. The van der Waals surface area contributed by atoms with E-state index < -0.39 is 0 Å². The number of pyridine rings is 1. The minimum Gasteiger partial charge on any atom is -0.309 e. The summed E-state index contributed by atoms with van der Waals surface area (Å²) in [6.45, 7) is 1.82. The number of carbonyl (C=O) groups is 1. The Balaban J connectivity index is 1.76. The summed E-state index contributed by atoms with van der Waals surface area (Å²) in [4.78, 5) is 16.5. The van der Waals surface area contributed by atoms with Crippen molar-refractivity contribution >= 4 is 23.3 Å². The summed E-state index contributed by atoms with van der Waals surface area (Å²) >= 11 is 6.09. The number of amides is 1. The number of nitrogens with one attached hydrogen (secondary N) is 1. The van der Waals surface area contributed by atoms with Crippen LogP contribution in [-0.4, -0.2) is 30.5 Å². The molecule has 3 heterocycles. The highest BCUT2D eigenvalue weighted by molar-refractivity contribution is 6.32. The van der Waals surface area contributed by atoms with Crippen LogP contribution in [0.4, 0.5) is 5.82 Å². The van der Waals surface area contributed by atoms with E-state index in [9.17, 15) is 4.79 Å². The van der Waals surface area contributed by atoms with Crippen molar-refractivity contribution in [1.29, 1.82) is 0 Å². The second-order valence-corrected chi connectivity index (χ2v) is 5.45. The summed E-state index contributed by atoms with van der Waals surface area (Å²) in [5.74, 6) is 0.442. The molecule has 8 heteroatoms. The molecule has 0 aromatic carbocycles. The molecule has 23 heavy (non-hydrogen) atoms. The van der Waals surface area contributed by atoms with Gasteiger partial charge in [-0.3, -0.25) is 9.48 Å². The molecule has 1 N–H and O–H groups in total. The van der Waals surface area contributed by atoms with E-state index in [-0.39, 0.29) is 11.8 Å². The minimum absolute atomic E-state index is 0.161. The van der Waals surface area contributed by atoms with E-state index >= 15 is 0 Å². The predicted molar refractivity (Wildman–Crippen MR) is 86.6 cm³/mol. The molecule has 0 spiro atoms. The van der Waals surface area contributed by atoms with E-state index in [4.69, 9.17) is 11.6 Å². The van der Waals surface area contributed by atoms with Crippen LogP contribution < -0.4 is 5.32 Å². The molecule has 3 rings (SSSR count). The fourth-order valence-corrected chi connectivity index (χ4v) is 2.44. The van der Waals surface area contributed by atoms with Gasteiger partial charge in [-0.15, -0.1) is 5.10 Å². The van der Waals surface area contributed by atoms with Gasteiger partial charge in [-0.25, -0.2) is 9.67 Å². The van der Waals surface area contributed by atoms with Crippen LogP contribution in [0.1, 0.15) is 18.5 Å². The van der Waals surface area contributed by atoms with Gasteiger partial charge in [0.25, 0.3) is 0 Å². The first-order chi connectivity index (χ1) is 11.1. The second kappa shape index (κ2) is 6.21. The number of aryl methyl sites for hydroxylation is 1. The van der Waals surface area contributed by atoms with E-state index in [2.05, 4.69) is 20.5 Å². The van der Waals surface area contributed by atoms with Crippen LogP contribution in [0.2, 0.25) is 5.02 Å². The topological polar surface area (TPSA) is 77.6 Å². The van der Waals surface area contributed by atoms with Gasteiger partial charge in [-0.2, -0.15) is 5.10 Å². The van der Waals surface area contributed by atoms with Gasteiger partial charge < -0.3 is 5.32 Å². The summed E-state index contributed by atoms with van der Waals surface area (Å²) in [5.41, 5.74) is 0.828. The number of hydrogen-bond donors (Lipinski definition) is 1. The van der Waals surface area contributed by atoms with Gasteiger partial charge >= 0.3 is 0 Å². The Kier molecular flexibility index (Phi) is 4.12. The first kappa shape index (κ1) is 15.2. The standard InChI is InChI=1S/C15H15ClN6O/c1-10(12-5-8-18-21(12)2)15(23)19-13-6-9-22(20-13)14-11(16)4-3-7-17-14/h3-10H,1-2H3,(H,19,20,23). The van der Waals surface area contributed by atoms with Gasteiger partial charge in [0.1, 0.15) is 0 Å². The predicted octanol–water partition coefficient (Wildman–Crippen LogP) is 2.40. The van der Waals surface area contributed by atoms with Gasteiger partial charge in [-0.1, -0.05) is 11.6 Å². The highest BCUT2D eigenvalue weighted by Gasteiger charge is 2.19. The van der Waals surface area contributed by atoms with Gasteiger partial charge in [0.05, 0.1) is 16.6 Å². The maximum atomic E-state index is 12.3. The van der Waals surface area contributed by atoms with E-state index in [0.29, 0.717) is 16.7 Å². The highest BCUT2D eigenvalue weighted by Crippen LogP contribution is 2.19. The smallest absolute Gasteiger partial charge is 0.234 e. The van der Waals surface area contributed by atoms with Gasteiger partial charge in [0, 0.05) is 31.7 Å². The van der Waals surface area contributed by atoms with Crippen molar-refractivity contribution in [1.82, 2.24) is 24.5 Å². The molecular weight excluding hydrogens is 316 g/mol. The Labute approximate surface area is 137 Å². The maximum absolute atomic E-state index is 12.3. The van der Waals surface area contributed by atoms with Crippen LogP contribution in [0.25, 0.3) is 5.82 Å². The average Bonchev–Trinajstić information content (AvgIpc) is 3.16. The molecule has 0 fully saturated rings. The van der Waals surface area contributed by atoms with Crippen molar-refractivity contribution in [2.45, 2.75) is 12.8 Å². The second-order valence-electron chi connectivity index (χ2n) is 5.04. The zero-order valence-electron chi connectivity index (χ0n) is 12.6. The highest BCUT2D eigenvalue weighted by atomic mass is 35.5. The van der Waals surface area contributed by atoms with Crippen molar-refractivity contribution in [2.75, 3.05) is 5.32 Å². The van der Waals surface area contributed by atoms with Crippen molar-refractivity contribution in [3.63, 3.8) is 0 Å². The van der Waals surface area contributed by atoms with E-state index in [1.54, 1.807) is 48.5 Å². The molecule has 1 amide bonds. The Morgan fingerprint density at radius 2 is 2.13 bits per heavy atom. The number of anilines is 1. The van der Waals surface area contributed by atoms with Crippen LogP contribution >= 0.6 is 11.6 Å². The van der Waals surface area contributed by atoms with Crippen LogP contribution in [-0.2, 0) is 11.8 Å². The quantitative estimate of drug-likeness (QED) is 0.796.